The Kier molecular flexibility index (Phi) is 7.52. The van der Waals surface area contributed by atoms with Crippen LogP contribution in [0, 0.1) is 0 Å². The summed E-state index contributed by atoms with van der Waals surface area (Å²) < 4.78 is 7.47. The van der Waals surface area contributed by atoms with Gasteiger partial charge in [0, 0.05) is 65.8 Å². The van der Waals surface area contributed by atoms with E-state index in [0.717, 1.165) is 54.5 Å². The summed E-state index contributed by atoms with van der Waals surface area (Å²) in [6, 6.07) is 13.1. The van der Waals surface area contributed by atoms with Crippen molar-refractivity contribution in [3.63, 3.8) is 0 Å². The van der Waals surface area contributed by atoms with Crippen LogP contribution in [0.5, 0.6) is 5.75 Å². The molecule has 2 fully saturated rings. The van der Waals surface area contributed by atoms with Crippen LogP contribution >= 0.6 is 11.3 Å². The Bertz CT molecular complexity index is 1790. The Morgan fingerprint density at radius 2 is 1.93 bits per heavy atom. The number of hydrogen-bond donors (Lipinski definition) is 2. The van der Waals surface area contributed by atoms with Crippen molar-refractivity contribution in [3.05, 3.63) is 76.8 Å². The lowest BCUT2D eigenvalue weighted by Crippen LogP contribution is -2.35. The molecular weight excluding hydrogens is 564 g/mol. The van der Waals surface area contributed by atoms with E-state index in [1.165, 1.54) is 15.9 Å². The molecule has 0 saturated carbocycles. The molecule has 0 bridgehead atoms. The second-order valence-corrected chi connectivity index (χ2v) is 11.6. The van der Waals surface area contributed by atoms with E-state index in [2.05, 4.69) is 25.6 Å². The number of carbonyl (C=O) groups excluding carboxylic acids is 1. The largest absolute Gasteiger partial charge is 0.489 e. The van der Waals surface area contributed by atoms with Crippen LogP contribution in [0.4, 0.5) is 11.6 Å². The molecule has 1 unspecified atom stereocenters. The minimum atomic E-state index is -0.309. The van der Waals surface area contributed by atoms with Gasteiger partial charge in [0.05, 0.1) is 5.69 Å². The highest BCUT2D eigenvalue weighted by atomic mass is 32.1. The van der Waals surface area contributed by atoms with E-state index in [0.29, 0.717) is 41.2 Å². The van der Waals surface area contributed by atoms with Gasteiger partial charge in [-0.3, -0.25) is 19.1 Å². The smallest absolute Gasteiger partial charge is 0.260 e. The molecule has 0 radical (unpaired) electrons. The number of anilines is 2. The summed E-state index contributed by atoms with van der Waals surface area (Å²) in [5.41, 5.74) is 2.67. The number of rotatable bonds is 8. The Morgan fingerprint density at radius 3 is 2.65 bits per heavy atom. The van der Waals surface area contributed by atoms with Crippen LogP contribution < -0.4 is 20.9 Å². The molecule has 2 aliphatic heterocycles. The first-order valence-corrected chi connectivity index (χ1v) is 15.3. The summed E-state index contributed by atoms with van der Waals surface area (Å²) in [7, 11) is 0. The molecule has 0 aliphatic carbocycles. The summed E-state index contributed by atoms with van der Waals surface area (Å²) in [5.74, 6) is 1.02. The van der Waals surface area contributed by atoms with Crippen molar-refractivity contribution in [3.8, 4) is 27.6 Å². The van der Waals surface area contributed by atoms with Gasteiger partial charge in [-0.2, -0.15) is 4.98 Å². The number of thiazole rings is 1. The maximum absolute atomic E-state index is 14.0. The van der Waals surface area contributed by atoms with Crippen LogP contribution in [0.1, 0.15) is 19.3 Å². The number of likely N-dealkylation sites (tertiary alicyclic amines) is 1. The lowest BCUT2D eigenvalue weighted by molar-refractivity contribution is -0.130. The normalized spacial score (nSPS) is 16.6. The monoisotopic (exact) mass is 594 g/mol. The number of amides is 1. The average Bonchev–Trinajstić information content (AvgIpc) is 3.84. The Labute approximate surface area is 251 Å². The number of benzene rings is 1. The fraction of sp³-hybridized carbons (Fsp3) is 0.290. The van der Waals surface area contributed by atoms with Gasteiger partial charge >= 0.3 is 0 Å². The van der Waals surface area contributed by atoms with Gasteiger partial charge in [0.25, 0.3) is 5.56 Å². The molecule has 0 spiro atoms. The van der Waals surface area contributed by atoms with E-state index >= 15 is 0 Å². The molecule has 4 aromatic heterocycles. The summed E-state index contributed by atoms with van der Waals surface area (Å²) in [6.45, 7) is 3.11. The molecule has 218 valence electrons. The van der Waals surface area contributed by atoms with Gasteiger partial charge in [-0.1, -0.05) is 6.07 Å². The molecule has 2 N–H and O–H groups in total. The van der Waals surface area contributed by atoms with E-state index in [4.69, 9.17) is 9.72 Å². The topological polar surface area (TPSA) is 127 Å². The van der Waals surface area contributed by atoms with Crippen molar-refractivity contribution in [2.75, 3.05) is 31.5 Å². The van der Waals surface area contributed by atoms with Crippen LogP contribution in [0.2, 0.25) is 0 Å². The van der Waals surface area contributed by atoms with E-state index in [9.17, 15) is 9.59 Å². The van der Waals surface area contributed by atoms with Crippen LogP contribution in [0.3, 0.4) is 0 Å². The zero-order valence-corrected chi connectivity index (χ0v) is 24.2. The minimum absolute atomic E-state index is 0.100. The number of nitrogens with one attached hydrogen (secondary N) is 2. The quantitative estimate of drug-likeness (QED) is 0.273. The third kappa shape index (κ3) is 5.84. The zero-order chi connectivity index (χ0) is 29.2. The van der Waals surface area contributed by atoms with E-state index < -0.39 is 0 Å². The SMILES string of the molecule is O=C(Cn1c(=O)c(-c2ccc(-c3nccs3)nc2)cc2cnc(Nc3ccc(OC4CCNC4)cc3)nc21)N1CCCC1. The molecule has 2 saturated heterocycles. The molecule has 5 aromatic rings. The van der Waals surface area contributed by atoms with Crippen molar-refractivity contribution < 1.29 is 9.53 Å². The van der Waals surface area contributed by atoms with Crippen molar-refractivity contribution >= 4 is 39.9 Å². The lowest BCUT2D eigenvalue weighted by Gasteiger charge is -2.18. The van der Waals surface area contributed by atoms with E-state index in [1.807, 2.05) is 41.8 Å². The number of ether oxygens (including phenoxy) is 1. The average molecular weight is 595 g/mol. The maximum Gasteiger partial charge on any atom is 0.260 e. The fourth-order valence-corrected chi connectivity index (χ4v) is 6.09. The molecule has 11 nitrogen and oxygen atoms in total. The maximum atomic E-state index is 14.0. The highest BCUT2D eigenvalue weighted by Gasteiger charge is 2.22. The number of nitrogens with zero attached hydrogens (tertiary/aromatic N) is 6. The van der Waals surface area contributed by atoms with Gasteiger partial charge in [0.1, 0.15) is 29.1 Å². The number of pyridine rings is 2. The van der Waals surface area contributed by atoms with E-state index in [1.54, 1.807) is 29.6 Å². The van der Waals surface area contributed by atoms with Crippen molar-refractivity contribution in [2.45, 2.75) is 31.9 Å². The highest BCUT2D eigenvalue weighted by molar-refractivity contribution is 7.13. The third-order valence-electron chi connectivity index (χ3n) is 7.73. The van der Waals surface area contributed by atoms with Gasteiger partial charge in [-0.05, 0) is 62.2 Å². The first kappa shape index (κ1) is 27.2. The molecular formula is C31H30N8O3S. The van der Waals surface area contributed by atoms with Gasteiger partial charge < -0.3 is 20.3 Å². The number of aromatic nitrogens is 5. The number of hydrogen-bond acceptors (Lipinski definition) is 10. The first-order chi connectivity index (χ1) is 21.1. The Hall–Kier alpha value is -4.68. The molecule has 1 amide bonds. The van der Waals surface area contributed by atoms with Gasteiger partial charge in [-0.15, -0.1) is 11.3 Å². The standard InChI is InChI=1S/C31H30N8O3S/c40-27(38-12-1-2-13-38)19-39-28-21(15-25(30(39)41)20-3-8-26(34-16-20)29-33-11-14-43-29)17-35-31(37-28)36-22-4-6-23(7-5-22)42-24-9-10-32-18-24/h3-8,11,14-17,24,32H,1-2,9-10,12-13,18-19H2,(H,35,36,37). The predicted molar refractivity (Wildman–Crippen MR) is 166 cm³/mol. The lowest BCUT2D eigenvalue weighted by atomic mass is 10.1. The van der Waals surface area contributed by atoms with Crippen LogP contribution in [-0.4, -0.2) is 67.6 Å². The van der Waals surface area contributed by atoms with Crippen LogP contribution in [-0.2, 0) is 11.3 Å². The molecule has 2 aliphatic rings. The third-order valence-corrected chi connectivity index (χ3v) is 8.53. The van der Waals surface area contributed by atoms with Gasteiger partial charge in [-0.25, -0.2) is 9.97 Å². The Morgan fingerprint density at radius 1 is 1.07 bits per heavy atom. The molecule has 12 heteroatoms. The van der Waals surface area contributed by atoms with Crippen molar-refractivity contribution in [1.29, 1.82) is 0 Å². The number of fused-ring (bicyclic) bond motifs is 1. The number of carbonyl (C=O) groups is 1. The summed E-state index contributed by atoms with van der Waals surface area (Å²) in [5, 5.41) is 9.87. The second kappa shape index (κ2) is 11.9. The van der Waals surface area contributed by atoms with Gasteiger partial charge in [0.15, 0.2) is 0 Å². The van der Waals surface area contributed by atoms with E-state index in [-0.39, 0.29) is 24.1 Å². The van der Waals surface area contributed by atoms with Crippen LogP contribution in [0.15, 0.2) is 71.2 Å². The molecule has 43 heavy (non-hydrogen) atoms. The fourth-order valence-electron chi connectivity index (χ4n) is 5.47. The molecule has 1 atom stereocenters. The molecule has 1 aromatic carbocycles. The Balaban J connectivity index is 1.21. The molecule has 6 heterocycles. The second-order valence-electron chi connectivity index (χ2n) is 10.7. The highest BCUT2D eigenvalue weighted by Crippen LogP contribution is 2.26. The van der Waals surface area contributed by atoms with Gasteiger partial charge in [0.2, 0.25) is 11.9 Å². The summed E-state index contributed by atoms with van der Waals surface area (Å²) in [4.78, 5) is 47.1. The zero-order valence-electron chi connectivity index (χ0n) is 23.4. The van der Waals surface area contributed by atoms with Crippen LogP contribution in [0.25, 0.3) is 32.9 Å². The minimum Gasteiger partial charge on any atom is -0.489 e. The van der Waals surface area contributed by atoms with Crippen molar-refractivity contribution in [1.82, 2.24) is 34.7 Å². The predicted octanol–water partition coefficient (Wildman–Crippen LogP) is 4.08. The summed E-state index contributed by atoms with van der Waals surface area (Å²) in [6.07, 6.45) is 8.18. The van der Waals surface area contributed by atoms with Crippen molar-refractivity contribution in [2.24, 2.45) is 0 Å². The summed E-state index contributed by atoms with van der Waals surface area (Å²) >= 11 is 1.50. The molecule has 7 rings (SSSR count). The first-order valence-electron chi connectivity index (χ1n) is 14.4.